The van der Waals surface area contributed by atoms with E-state index in [2.05, 4.69) is 10.3 Å². The van der Waals surface area contributed by atoms with Gasteiger partial charge in [-0.3, -0.25) is 24.2 Å². The van der Waals surface area contributed by atoms with Crippen LogP contribution in [0.2, 0.25) is 5.02 Å². The predicted octanol–water partition coefficient (Wildman–Crippen LogP) is 3.51. The summed E-state index contributed by atoms with van der Waals surface area (Å²) in [6, 6.07) is 11.9. The number of amides is 3. The van der Waals surface area contributed by atoms with Crippen molar-refractivity contribution >= 4 is 73.9 Å². The number of aromatic nitrogens is 1. The number of hydrogen-bond acceptors (Lipinski definition) is 7. The van der Waals surface area contributed by atoms with Crippen LogP contribution in [0.1, 0.15) is 0 Å². The molecule has 0 spiro atoms. The summed E-state index contributed by atoms with van der Waals surface area (Å²) in [7, 11) is 2.85. The van der Waals surface area contributed by atoms with Crippen LogP contribution in [0.15, 0.2) is 42.5 Å². The molecule has 2 heterocycles. The summed E-state index contributed by atoms with van der Waals surface area (Å²) in [5, 5.41) is 3.72. The van der Waals surface area contributed by atoms with Gasteiger partial charge in [0, 0.05) is 24.8 Å². The van der Waals surface area contributed by atoms with Crippen LogP contribution in [-0.2, 0) is 14.4 Å². The number of anilines is 1. The van der Waals surface area contributed by atoms with Crippen LogP contribution in [-0.4, -0.2) is 51.7 Å². The summed E-state index contributed by atoms with van der Waals surface area (Å²) in [4.78, 5) is 44.0. The normalized spacial score (nSPS) is 15.0. The lowest BCUT2D eigenvalue weighted by Crippen LogP contribution is -2.59. The van der Waals surface area contributed by atoms with Crippen molar-refractivity contribution in [2.45, 2.75) is 0 Å². The van der Waals surface area contributed by atoms with Gasteiger partial charge in [-0.1, -0.05) is 22.9 Å². The Morgan fingerprint density at radius 1 is 1.13 bits per heavy atom. The van der Waals surface area contributed by atoms with Gasteiger partial charge in [0.1, 0.15) is 5.75 Å². The molecule has 2 aromatic carbocycles. The van der Waals surface area contributed by atoms with Crippen molar-refractivity contribution in [3.63, 3.8) is 0 Å². The summed E-state index contributed by atoms with van der Waals surface area (Å²) in [5.74, 6) is -3.04. The van der Waals surface area contributed by atoms with E-state index < -0.39 is 23.6 Å². The molecule has 11 heteroatoms. The van der Waals surface area contributed by atoms with Crippen molar-refractivity contribution in [1.82, 2.24) is 14.8 Å². The number of carbonyl (C=O) groups is 3. The number of nitrogens with zero attached hydrogens (tertiary/aromatic N) is 3. The second-order valence-corrected chi connectivity index (χ2v) is 8.51. The van der Waals surface area contributed by atoms with Gasteiger partial charge in [0.05, 0.1) is 10.2 Å². The zero-order valence-corrected chi connectivity index (χ0v) is 18.7. The lowest BCUT2D eigenvalue weighted by Gasteiger charge is -2.34. The Bertz CT molecular complexity index is 1200. The van der Waals surface area contributed by atoms with E-state index in [4.69, 9.17) is 28.6 Å². The Labute approximate surface area is 191 Å². The molecule has 3 amide bonds. The fraction of sp³-hybridized carbons (Fsp3) is 0.150. The van der Waals surface area contributed by atoms with Gasteiger partial charge in [-0.05, 0) is 54.7 Å². The average Bonchev–Trinajstić information content (AvgIpc) is 3.13. The summed E-state index contributed by atoms with van der Waals surface area (Å²) in [6.45, 7) is 0. The van der Waals surface area contributed by atoms with E-state index in [1.54, 1.807) is 30.3 Å². The van der Waals surface area contributed by atoms with Crippen LogP contribution in [0.3, 0.4) is 0 Å². The quantitative estimate of drug-likeness (QED) is 0.459. The molecule has 1 fully saturated rings. The number of thiazole rings is 1. The lowest BCUT2D eigenvalue weighted by molar-refractivity contribution is -0.149. The molecular weight excluding hydrogens is 460 g/mol. The second-order valence-electron chi connectivity index (χ2n) is 6.72. The van der Waals surface area contributed by atoms with Crippen LogP contribution in [0, 0.1) is 5.92 Å². The summed E-state index contributed by atoms with van der Waals surface area (Å²) >= 11 is 12.4. The Kier molecular flexibility index (Phi) is 5.61. The molecule has 4 rings (SSSR count). The molecule has 0 bridgehead atoms. The molecule has 31 heavy (non-hydrogen) atoms. The Hall–Kier alpha value is -3.08. The van der Waals surface area contributed by atoms with Crippen molar-refractivity contribution < 1.29 is 19.1 Å². The van der Waals surface area contributed by atoms with E-state index >= 15 is 0 Å². The SMILES string of the molecule is CN1C(=O)C(C(=O)Nc2ccc(Oc3nc4ccc(Cl)cc4s3)cc2)C(=O)N(C)C1=S. The Morgan fingerprint density at radius 3 is 2.42 bits per heavy atom. The van der Waals surface area contributed by atoms with E-state index in [0.29, 0.717) is 21.7 Å². The Morgan fingerprint density at radius 2 is 1.77 bits per heavy atom. The van der Waals surface area contributed by atoms with E-state index in [1.807, 2.05) is 12.1 Å². The number of benzene rings is 2. The topological polar surface area (TPSA) is 91.8 Å². The third kappa shape index (κ3) is 4.09. The van der Waals surface area contributed by atoms with E-state index in [1.165, 1.54) is 25.4 Å². The number of thiocarbonyl (C=S) groups is 1. The largest absolute Gasteiger partial charge is 0.431 e. The van der Waals surface area contributed by atoms with Crippen LogP contribution in [0.25, 0.3) is 10.2 Å². The number of halogens is 1. The molecule has 3 aromatic rings. The molecule has 0 saturated carbocycles. The molecule has 1 aliphatic heterocycles. The van der Waals surface area contributed by atoms with Crippen LogP contribution < -0.4 is 10.1 Å². The first kappa shape index (κ1) is 21.2. The molecule has 0 radical (unpaired) electrons. The standard InChI is InChI=1S/C20H15ClN4O4S2/c1-24-17(27)15(18(28)25(2)20(24)30)16(26)22-11-4-6-12(7-5-11)29-19-23-13-8-3-10(21)9-14(13)31-19/h3-9,15H,1-2H3,(H,22,26). The van der Waals surface area contributed by atoms with Crippen LogP contribution in [0.5, 0.6) is 10.9 Å². The molecule has 1 aliphatic rings. The molecule has 1 aromatic heterocycles. The van der Waals surface area contributed by atoms with E-state index in [9.17, 15) is 14.4 Å². The maximum atomic E-state index is 12.6. The first-order valence-corrected chi connectivity index (χ1v) is 10.6. The van der Waals surface area contributed by atoms with Crippen molar-refractivity contribution in [1.29, 1.82) is 0 Å². The number of carbonyl (C=O) groups excluding carboxylic acids is 3. The van der Waals surface area contributed by atoms with E-state index in [-0.39, 0.29) is 5.11 Å². The number of rotatable bonds is 4. The fourth-order valence-electron chi connectivity index (χ4n) is 2.97. The number of ether oxygens (including phenoxy) is 1. The van der Waals surface area contributed by atoms with Crippen molar-refractivity contribution in [2.75, 3.05) is 19.4 Å². The highest BCUT2D eigenvalue weighted by Gasteiger charge is 2.45. The number of fused-ring (bicyclic) bond motifs is 1. The molecule has 0 aliphatic carbocycles. The van der Waals surface area contributed by atoms with Gasteiger partial charge in [0.2, 0.25) is 5.91 Å². The highest BCUT2D eigenvalue weighted by Crippen LogP contribution is 2.33. The smallest absolute Gasteiger partial charge is 0.279 e. The van der Waals surface area contributed by atoms with Crippen LogP contribution in [0.4, 0.5) is 5.69 Å². The van der Waals surface area contributed by atoms with Crippen LogP contribution >= 0.6 is 35.2 Å². The number of nitrogens with one attached hydrogen (secondary N) is 1. The highest BCUT2D eigenvalue weighted by molar-refractivity contribution is 7.80. The number of hydrogen-bond donors (Lipinski definition) is 1. The van der Waals surface area contributed by atoms with Gasteiger partial charge in [-0.2, -0.15) is 0 Å². The maximum absolute atomic E-state index is 12.6. The molecule has 158 valence electrons. The van der Waals surface area contributed by atoms with Gasteiger partial charge in [0.15, 0.2) is 11.0 Å². The third-order valence-electron chi connectivity index (χ3n) is 4.65. The van der Waals surface area contributed by atoms with Crippen molar-refractivity contribution in [3.05, 3.63) is 47.5 Å². The fourth-order valence-corrected chi connectivity index (χ4v) is 4.26. The monoisotopic (exact) mass is 474 g/mol. The third-order valence-corrected chi connectivity index (χ3v) is 6.33. The highest BCUT2D eigenvalue weighted by atomic mass is 35.5. The average molecular weight is 475 g/mol. The lowest BCUT2D eigenvalue weighted by atomic mass is 10.0. The summed E-state index contributed by atoms with van der Waals surface area (Å²) < 4.78 is 6.67. The predicted molar refractivity (Wildman–Crippen MR) is 121 cm³/mol. The minimum absolute atomic E-state index is 0.0534. The van der Waals surface area contributed by atoms with Crippen molar-refractivity contribution in [2.24, 2.45) is 5.92 Å². The molecule has 1 saturated heterocycles. The molecular formula is C20H15ClN4O4S2. The zero-order chi connectivity index (χ0) is 22.3. The molecule has 1 N–H and O–H groups in total. The first-order valence-electron chi connectivity index (χ1n) is 8.98. The van der Waals surface area contributed by atoms with Gasteiger partial charge < -0.3 is 10.1 Å². The minimum Gasteiger partial charge on any atom is -0.431 e. The van der Waals surface area contributed by atoms with E-state index in [0.717, 1.165) is 20.0 Å². The summed E-state index contributed by atoms with van der Waals surface area (Å²) in [6.07, 6.45) is 0. The molecule has 0 atom stereocenters. The molecule has 8 nitrogen and oxygen atoms in total. The van der Waals surface area contributed by atoms with Gasteiger partial charge in [0.25, 0.3) is 17.0 Å². The Balaban J connectivity index is 1.45. The van der Waals surface area contributed by atoms with Crippen molar-refractivity contribution in [3.8, 4) is 10.9 Å². The minimum atomic E-state index is -1.49. The van der Waals surface area contributed by atoms with Gasteiger partial charge in [-0.15, -0.1) is 0 Å². The zero-order valence-electron chi connectivity index (χ0n) is 16.3. The van der Waals surface area contributed by atoms with Gasteiger partial charge in [-0.25, -0.2) is 4.98 Å². The summed E-state index contributed by atoms with van der Waals surface area (Å²) in [5.41, 5.74) is 1.19. The maximum Gasteiger partial charge on any atom is 0.279 e. The first-order chi connectivity index (χ1) is 14.7. The second kappa shape index (κ2) is 8.22. The van der Waals surface area contributed by atoms with Gasteiger partial charge >= 0.3 is 0 Å². The molecule has 0 unspecified atom stereocenters.